The molecule has 4 heteroatoms. The molecule has 1 aliphatic carbocycles. The molecule has 2 N–H and O–H groups in total. The summed E-state index contributed by atoms with van der Waals surface area (Å²) in [5.74, 6) is 3.25. The van der Waals surface area contributed by atoms with Gasteiger partial charge in [-0.25, -0.2) is 9.97 Å². The van der Waals surface area contributed by atoms with Crippen molar-refractivity contribution in [2.24, 2.45) is 11.8 Å². The Labute approximate surface area is 102 Å². The fourth-order valence-corrected chi connectivity index (χ4v) is 3.38. The fourth-order valence-electron chi connectivity index (χ4n) is 3.38. The number of anilines is 2. The van der Waals surface area contributed by atoms with E-state index < -0.39 is 0 Å². The van der Waals surface area contributed by atoms with Crippen molar-refractivity contribution in [3.8, 4) is 0 Å². The Hall–Kier alpha value is -1.32. The van der Waals surface area contributed by atoms with E-state index in [9.17, 15) is 0 Å². The molecule has 2 heterocycles. The van der Waals surface area contributed by atoms with E-state index in [4.69, 9.17) is 5.73 Å². The molecule has 0 radical (unpaired) electrons. The average Bonchev–Trinajstić information content (AvgIpc) is 2.39. The van der Waals surface area contributed by atoms with Crippen LogP contribution in [0.5, 0.6) is 0 Å². The third-order valence-corrected chi connectivity index (χ3v) is 4.30. The van der Waals surface area contributed by atoms with Crippen molar-refractivity contribution >= 4 is 11.6 Å². The molecule has 92 valence electrons. The van der Waals surface area contributed by atoms with Gasteiger partial charge in [-0.1, -0.05) is 19.3 Å². The smallest absolute Gasteiger partial charge is 0.171 e. The van der Waals surface area contributed by atoms with Gasteiger partial charge in [0.2, 0.25) is 0 Å². The number of hydrogen-bond donors (Lipinski definition) is 1. The highest BCUT2D eigenvalue weighted by molar-refractivity contribution is 5.57. The predicted molar refractivity (Wildman–Crippen MR) is 68.7 cm³/mol. The molecule has 2 fully saturated rings. The van der Waals surface area contributed by atoms with Gasteiger partial charge in [-0.05, 0) is 24.7 Å². The van der Waals surface area contributed by atoms with Crippen LogP contribution in [0.3, 0.4) is 0 Å². The summed E-state index contributed by atoms with van der Waals surface area (Å²) in [6.45, 7) is 2.21. The molecule has 0 spiro atoms. The van der Waals surface area contributed by atoms with Crippen LogP contribution in [0.25, 0.3) is 0 Å². The van der Waals surface area contributed by atoms with E-state index in [1.54, 1.807) is 12.4 Å². The highest BCUT2D eigenvalue weighted by atomic mass is 15.2. The summed E-state index contributed by atoms with van der Waals surface area (Å²) in [7, 11) is 0. The standard InChI is InChI=1S/C13H20N4/c14-12-13(16-7-6-15-12)17-8-5-10-3-1-2-4-11(10)9-17/h6-7,10-11H,1-5,8-9H2,(H2,14,15). The first kappa shape index (κ1) is 10.8. The normalized spacial score (nSPS) is 28.8. The zero-order valence-electron chi connectivity index (χ0n) is 10.2. The first-order valence-corrected chi connectivity index (χ1v) is 6.66. The lowest BCUT2D eigenvalue weighted by Crippen LogP contribution is -2.42. The van der Waals surface area contributed by atoms with Crippen LogP contribution in [-0.2, 0) is 0 Å². The van der Waals surface area contributed by atoms with Crippen LogP contribution in [0, 0.1) is 11.8 Å². The molecule has 1 aliphatic heterocycles. The molecule has 3 rings (SSSR count). The van der Waals surface area contributed by atoms with Gasteiger partial charge in [0, 0.05) is 25.5 Å². The molecular weight excluding hydrogens is 212 g/mol. The molecule has 4 nitrogen and oxygen atoms in total. The molecule has 1 aromatic heterocycles. The first-order valence-electron chi connectivity index (χ1n) is 6.66. The Morgan fingerprint density at radius 3 is 2.65 bits per heavy atom. The summed E-state index contributed by atoms with van der Waals surface area (Å²) < 4.78 is 0. The summed E-state index contributed by atoms with van der Waals surface area (Å²) in [5, 5.41) is 0. The van der Waals surface area contributed by atoms with Gasteiger partial charge in [0.05, 0.1) is 0 Å². The predicted octanol–water partition coefficient (Wildman–Crippen LogP) is 2.08. The maximum atomic E-state index is 5.90. The lowest BCUT2D eigenvalue weighted by Gasteiger charge is -2.41. The minimum absolute atomic E-state index is 0.571. The van der Waals surface area contributed by atoms with Crippen molar-refractivity contribution in [3.05, 3.63) is 12.4 Å². The lowest BCUT2D eigenvalue weighted by atomic mass is 9.75. The van der Waals surface area contributed by atoms with Crippen LogP contribution in [0.15, 0.2) is 12.4 Å². The van der Waals surface area contributed by atoms with Gasteiger partial charge < -0.3 is 10.6 Å². The number of rotatable bonds is 1. The number of nitrogen functional groups attached to an aromatic ring is 1. The van der Waals surface area contributed by atoms with Gasteiger partial charge in [-0.3, -0.25) is 0 Å². The Kier molecular flexibility index (Phi) is 2.87. The molecule has 1 saturated carbocycles. The monoisotopic (exact) mass is 232 g/mol. The summed E-state index contributed by atoms with van der Waals surface area (Å²) in [5.41, 5.74) is 5.90. The van der Waals surface area contributed by atoms with E-state index in [1.165, 1.54) is 32.1 Å². The van der Waals surface area contributed by atoms with Crippen molar-refractivity contribution in [1.29, 1.82) is 0 Å². The van der Waals surface area contributed by atoms with E-state index in [2.05, 4.69) is 14.9 Å². The largest absolute Gasteiger partial charge is 0.381 e. The second-order valence-electron chi connectivity index (χ2n) is 5.30. The molecule has 2 aliphatic rings. The first-order chi connectivity index (χ1) is 8.34. The zero-order valence-corrected chi connectivity index (χ0v) is 10.2. The minimum atomic E-state index is 0.571. The topological polar surface area (TPSA) is 55.0 Å². The number of aromatic nitrogens is 2. The maximum Gasteiger partial charge on any atom is 0.171 e. The second kappa shape index (κ2) is 4.51. The molecular formula is C13H20N4. The number of fused-ring (bicyclic) bond motifs is 1. The van der Waals surface area contributed by atoms with Gasteiger partial charge in [-0.2, -0.15) is 0 Å². The van der Waals surface area contributed by atoms with Crippen molar-refractivity contribution in [2.45, 2.75) is 32.1 Å². The third kappa shape index (κ3) is 2.08. The molecule has 2 unspecified atom stereocenters. The van der Waals surface area contributed by atoms with E-state index in [1.807, 2.05) is 0 Å². The molecule has 0 amide bonds. The number of hydrogen-bond acceptors (Lipinski definition) is 4. The summed E-state index contributed by atoms with van der Waals surface area (Å²) in [6.07, 6.45) is 10.3. The van der Waals surface area contributed by atoms with E-state index in [0.717, 1.165) is 30.7 Å². The van der Waals surface area contributed by atoms with Crippen LogP contribution in [0.4, 0.5) is 11.6 Å². The minimum Gasteiger partial charge on any atom is -0.381 e. The van der Waals surface area contributed by atoms with Crippen LogP contribution in [0.1, 0.15) is 32.1 Å². The van der Waals surface area contributed by atoms with Crippen LogP contribution in [0.2, 0.25) is 0 Å². The van der Waals surface area contributed by atoms with Crippen molar-refractivity contribution in [1.82, 2.24) is 9.97 Å². The van der Waals surface area contributed by atoms with E-state index >= 15 is 0 Å². The SMILES string of the molecule is Nc1nccnc1N1CCC2CCCCC2C1. The molecule has 1 aromatic rings. The summed E-state index contributed by atoms with van der Waals surface area (Å²) in [6, 6.07) is 0. The van der Waals surface area contributed by atoms with Gasteiger partial charge >= 0.3 is 0 Å². The third-order valence-electron chi connectivity index (χ3n) is 4.30. The maximum absolute atomic E-state index is 5.90. The number of nitrogens with two attached hydrogens (primary N) is 1. The quantitative estimate of drug-likeness (QED) is 0.805. The van der Waals surface area contributed by atoms with E-state index in [0.29, 0.717) is 5.82 Å². The Morgan fingerprint density at radius 1 is 1.06 bits per heavy atom. The highest BCUT2D eigenvalue weighted by Gasteiger charge is 2.32. The van der Waals surface area contributed by atoms with Crippen molar-refractivity contribution in [3.63, 3.8) is 0 Å². The zero-order chi connectivity index (χ0) is 11.7. The fraction of sp³-hybridized carbons (Fsp3) is 0.692. The number of nitrogens with zero attached hydrogens (tertiary/aromatic N) is 3. The van der Waals surface area contributed by atoms with Gasteiger partial charge in [0.1, 0.15) is 0 Å². The Balaban J connectivity index is 1.76. The molecule has 0 aromatic carbocycles. The van der Waals surface area contributed by atoms with Crippen LogP contribution >= 0.6 is 0 Å². The molecule has 17 heavy (non-hydrogen) atoms. The Bertz CT molecular complexity index is 393. The molecule has 2 atom stereocenters. The van der Waals surface area contributed by atoms with Crippen LogP contribution in [-0.4, -0.2) is 23.1 Å². The summed E-state index contributed by atoms with van der Waals surface area (Å²) >= 11 is 0. The van der Waals surface area contributed by atoms with Crippen molar-refractivity contribution in [2.75, 3.05) is 23.7 Å². The Morgan fingerprint density at radius 2 is 1.82 bits per heavy atom. The second-order valence-corrected chi connectivity index (χ2v) is 5.30. The van der Waals surface area contributed by atoms with Gasteiger partial charge in [0.15, 0.2) is 11.6 Å². The molecule has 1 saturated heterocycles. The number of piperidine rings is 1. The highest BCUT2D eigenvalue weighted by Crippen LogP contribution is 2.37. The van der Waals surface area contributed by atoms with E-state index in [-0.39, 0.29) is 0 Å². The summed E-state index contributed by atoms with van der Waals surface area (Å²) in [4.78, 5) is 10.8. The average molecular weight is 232 g/mol. The van der Waals surface area contributed by atoms with Gasteiger partial charge in [-0.15, -0.1) is 0 Å². The van der Waals surface area contributed by atoms with Gasteiger partial charge in [0.25, 0.3) is 0 Å². The van der Waals surface area contributed by atoms with Crippen molar-refractivity contribution < 1.29 is 0 Å². The molecule has 0 bridgehead atoms. The lowest BCUT2D eigenvalue weighted by molar-refractivity contribution is 0.202. The van der Waals surface area contributed by atoms with Crippen LogP contribution < -0.4 is 10.6 Å².